The molecule has 2 aromatic heterocycles. The smallest absolute Gasteiger partial charge is 0.155 e. The zero-order valence-corrected chi connectivity index (χ0v) is 25.9. The molecule has 0 fully saturated rings. The summed E-state index contributed by atoms with van der Waals surface area (Å²) < 4.78 is 2.54. The fourth-order valence-corrected chi connectivity index (χ4v) is 7.24. The molecule has 224 valence electrons. The lowest BCUT2D eigenvalue weighted by Crippen LogP contribution is -2.24. The van der Waals surface area contributed by atoms with Gasteiger partial charge in [-0.15, -0.1) is 0 Å². The van der Waals surface area contributed by atoms with Crippen molar-refractivity contribution in [2.75, 3.05) is 0 Å². The Balaban J connectivity index is 1.15. The number of nitrogens with zero attached hydrogens (tertiary/aromatic N) is 4. The lowest BCUT2D eigenvalue weighted by molar-refractivity contribution is 0.637. The van der Waals surface area contributed by atoms with Gasteiger partial charge in [0.15, 0.2) is 5.84 Å². The molecular formula is C43H32N4. The first-order valence-corrected chi connectivity index (χ1v) is 16.3. The van der Waals surface area contributed by atoms with E-state index in [-0.39, 0.29) is 12.1 Å². The topological polar surface area (TPSA) is 42.5 Å². The number of benzene rings is 5. The van der Waals surface area contributed by atoms with E-state index in [1.54, 1.807) is 0 Å². The van der Waals surface area contributed by atoms with Gasteiger partial charge in [0.2, 0.25) is 0 Å². The number of fused-ring (bicyclic) bond motifs is 5. The van der Waals surface area contributed by atoms with E-state index >= 15 is 0 Å². The number of aliphatic imine (C=N–C) groups is 2. The molecule has 5 aromatic carbocycles. The van der Waals surface area contributed by atoms with Crippen LogP contribution in [0.4, 0.5) is 0 Å². The molecule has 0 radical (unpaired) electrons. The summed E-state index contributed by atoms with van der Waals surface area (Å²) in [5, 5.41) is 3.62. The Labute approximate surface area is 273 Å². The fourth-order valence-electron chi connectivity index (χ4n) is 7.24. The van der Waals surface area contributed by atoms with Crippen LogP contribution in [0.15, 0.2) is 173 Å². The molecule has 4 nitrogen and oxygen atoms in total. The predicted octanol–water partition coefficient (Wildman–Crippen LogP) is 10.1. The molecule has 0 spiro atoms. The van der Waals surface area contributed by atoms with Crippen LogP contribution in [0.3, 0.4) is 0 Å². The molecule has 0 amide bonds. The molecule has 0 saturated carbocycles. The summed E-state index contributed by atoms with van der Waals surface area (Å²) in [5.41, 5.74) is 10.2. The number of rotatable bonds is 5. The summed E-state index contributed by atoms with van der Waals surface area (Å²) in [7, 11) is 0. The van der Waals surface area contributed by atoms with Crippen LogP contribution >= 0.6 is 0 Å². The second kappa shape index (κ2) is 11.5. The van der Waals surface area contributed by atoms with Crippen molar-refractivity contribution in [3.8, 4) is 11.3 Å². The summed E-state index contributed by atoms with van der Waals surface area (Å²) in [5.74, 6) is 0.798. The second-order valence-electron chi connectivity index (χ2n) is 12.3. The van der Waals surface area contributed by atoms with E-state index in [1.165, 1.54) is 32.8 Å². The number of para-hydroxylation sites is 2. The van der Waals surface area contributed by atoms with Crippen LogP contribution in [-0.4, -0.2) is 27.1 Å². The highest BCUT2D eigenvalue weighted by Crippen LogP contribution is 2.42. The molecule has 4 heteroatoms. The molecule has 2 atom stereocenters. The van der Waals surface area contributed by atoms with Gasteiger partial charge in [-0.1, -0.05) is 146 Å². The minimum atomic E-state index is 0.00276. The van der Waals surface area contributed by atoms with Crippen LogP contribution < -0.4 is 0 Å². The van der Waals surface area contributed by atoms with Crippen LogP contribution in [0.2, 0.25) is 0 Å². The minimum absolute atomic E-state index is 0.00276. The SMILES string of the molecule is C1=CC(n2c3ccccc3c3c(-c4ccccc4)nc4ccccc4c32)CC=C1C1CC(c2ccccc2)=NC(c2ccccc2)=N1. The Morgan fingerprint density at radius 3 is 1.98 bits per heavy atom. The van der Waals surface area contributed by atoms with Crippen LogP contribution in [-0.2, 0) is 0 Å². The van der Waals surface area contributed by atoms with Crippen LogP contribution in [0.1, 0.15) is 30.0 Å². The number of hydrogen-bond donors (Lipinski definition) is 0. The highest BCUT2D eigenvalue weighted by molar-refractivity contribution is 6.21. The van der Waals surface area contributed by atoms with E-state index in [2.05, 4.69) is 156 Å². The quantitative estimate of drug-likeness (QED) is 0.193. The summed E-state index contributed by atoms with van der Waals surface area (Å²) >= 11 is 0. The average molecular weight is 605 g/mol. The van der Waals surface area contributed by atoms with Crippen molar-refractivity contribution in [2.24, 2.45) is 9.98 Å². The summed E-state index contributed by atoms with van der Waals surface area (Å²) in [6.07, 6.45) is 8.73. The third-order valence-corrected chi connectivity index (χ3v) is 9.45. The van der Waals surface area contributed by atoms with Crippen LogP contribution in [0.5, 0.6) is 0 Å². The Morgan fingerprint density at radius 1 is 0.617 bits per heavy atom. The van der Waals surface area contributed by atoms with Gasteiger partial charge >= 0.3 is 0 Å². The summed E-state index contributed by atoms with van der Waals surface area (Å²) in [4.78, 5) is 15.5. The molecule has 1 aliphatic heterocycles. The Morgan fingerprint density at radius 2 is 1.26 bits per heavy atom. The first-order chi connectivity index (χ1) is 23.3. The Hall–Kier alpha value is -5.87. The zero-order valence-electron chi connectivity index (χ0n) is 25.9. The lowest BCUT2D eigenvalue weighted by Gasteiger charge is -2.26. The third-order valence-electron chi connectivity index (χ3n) is 9.45. The van der Waals surface area contributed by atoms with Crippen molar-refractivity contribution in [3.63, 3.8) is 0 Å². The monoisotopic (exact) mass is 604 g/mol. The fraction of sp³-hybridized carbons (Fsp3) is 0.0930. The maximum Gasteiger partial charge on any atom is 0.155 e. The van der Waals surface area contributed by atoms with E-state index in [4.69, 9.17) is 15.0 Å². The van der Waals surface area contributed by atoms with Gasteiger partial charge in [-0.05, 0) is 29.7 Å². The summed E-state index contributed by atoms with van der Waals surface area (Å²) in [6.45, 7) is 0. The zero-order chi connectivity index (χ0) is 31.2. The molecule has 2 unspecified atom stereocenters. The van der Waals surface area contributed by atoms with E-state index in [0.29, 0.717) is 0 Å². The van der Waals surface area contributed by atoms with Gasteiger partial charge in [0.1, 0.15) is 0 Å². The van der Waals surface area contributed by atoms with Crippen molar-refractivity contribution in [3.05, 3.63) is 174 Å². The maximum atomic E-state index is 5.25. The Kier molecular flexibility index (Phi) is 6.71. The normalized spacial score (nSPS) is 17.9. The molecule has 9 rings (SSSR count). The molecule has 47 heavy (non-hydrogen) atoms. The predicted molar refractivity (Wildman–Crippen MR) is 195 cm³/mol. The van der Waals surface area contributed by atoms with Crippen molar-refractivity contribution in [1.82, 2.24) is 9.55 Å². The molecule has 0 saturated heterocycles. The van der Waals surface area contributed by atoms with Crippen molar-refractivity contribution >= 4 is 44.3 Å². The van der Waals surface area contributed by atoms with Crippen molar-refractivity contribution in [2.45, 2.75) is 24.9 Å². The number of hydrogen-bond acceptors (Lipinski definition) is 3. The molecule has 1 aliphatic carbocycles. The molecule has 2 aliphatic rings. The molecule has 0 bridgehead atoms. The first-order valence-electron chi connectivity index (χ1n) is 16.3. The van der Waals surface area contributed by atoms with E-state index < -0.39 is 0 Å². The van der Waals surface area contributed by atoms with Crippen LogP contribution in [0, 0.1) is 0 Å². The molecular weight excluding hydrogens is 573 g/mol. The molecule has 0 N–H and O–H groups in total. The molecule has 3 heterocycles. The number of pyridine rings is 1. The number of aromatic nitrogens is 2. The van der Waals surface area contributed by atoms with Crippen LogP contribution in [0.25, 0.3) is 44.0 Å². The average Bonchev–Trinajstić information content (AvgIpc) is 3.51. The number of amidine groups is 1. The van der Waals surface area contributed by atoms with E-state index in [9.17, 15) is 0 Å². The highest BCUT2D eigenvalue weighted by atomic mass is 15.0. The second-order valence-corrected chi connectivity index (χ2v) is 12.3. The standard InChI is InChI=1S/C43H32N4/c1-4-14-29(15-5-1)37-28-38(46-43(45-37)32-18-8-3-9-19-32)30-24-26-33(27-25-30)47-39-23-13-11-21-35(39)40-41(31-16-6-2-7-17-31)44-36-22-12-10-20-34(36)42(40)47/h1-26,33,38H,27-28H2. The van der Waals surface area contributed by atoms with Gasteiger partial charge in [-0.2, -0.15) is 0 Å². The van der Waals surface area contributed by atoms with Gasteiger partial charge in [-0.25, -0.2) is 9.98 Å². The highest BCUT2D eigenvalue weighted by Gasteiger charge is 2.27. The lowest BCUT2D eigenvalue weighted by atomic mass is 9.91. The molecule has 7 aromatic rings. The van der Waals surface area contributed by atoms with Gasteiger partial charge in [-0.3, -0.25) is 4.99 Å². The Bertz CT molecular complexity index is 2400. The minimum Gasteiger partial charge on any atom is -0.332 e. The third kappa shape index (κ3) is 4.81. The van der Waals surface area contributed by atoms with Gasteiger partial charge in [0, 0.05) is 39.2 Å². The van der Waals surface area contributed by atoms with Gasteiger partial charge < -0.3 is 4.57 Å². The maximum absolute atomic E-state index is 5.25. The summed E-state index contributed by atoms with van der Waals surface area (Å²) in [6, 6.07) is 49.0. The largest absolute Gasteiger partial charge is 0.332 e. The van der Waals surface area contributed by atoms with Gasteiger partial charge in [0.05, 0.1) is 34.5 Å². The van der Waals surface area contributed by atoms with Crippen molar-refractivity contribution in [1.29, 1.82) is 0 Å². The van der Waals surface area contributed by atoms with E-state index in [1.807, 2.05) is 6.07 Å². The van der Waals surface area contributed by atoms with Gasteiger partial charge in [0.25, 0.3) is 0 Å². The number of allylic oxidation sites excluding steroid dienone is 2. The van der Waals surface area contributed by atoms with Crippen molar-refractivity contribution < 1.29 is 0 Å². The first kappa shape index (κ1) is 27.4. The van der Waals surface area contributed by atoms with E-state index in [0.717, 1.165) is 52.3 Å².